The molecular formula is C19H18N8O3S. The molecule has 0 aliphatic carbocycles. The summed E-state index contributed by atoms with van der Waals surface area (Å²) in [5.74, 6) is -0.353. The number of sulfonamides is 1. The highest BCUT2D eigenvalue weighted by Crippen LogP contribution is 2.23. The predicted octanol–water partition coefficient (Wildman–Crippen LogP) is 1.03. The first-order valence-electron chi connectivity index (χ1n) is 9.62. The lowest BCUT2D eigenvalue weighted by atomic mass is 10.2. The van der Waals surface area contributed by atoms with Gasteiger partial charge >= 0.3 is 0 Å². The average molecular weight is 438 g/mol. The summed E-state index contributed by atoms with van der Waals surface area (Å²) in [5, 5.41) is 8.10. The Morgan fingerprint density at radius 2 is 1.90 bits per heavy atom. The molecule has 0 bridgehead atoms. The van der Waals surface area contributed by atoms with E-state index in [0.29, 0.717) is 11.3 Å². The van der Waals surface area contributed by atoms with E-state index in [2.05, 4.69) is 29.8 Å². The number of fused-ring (bicyclic) bond motifs is 1. The van der Waals surface area contributed by atoms with E-state index in [0.717, 1.165) is 37.8 Å². The van der Waals surface area contributed by atoms with Crippen molar-refractivity contribution in [3.05, 3.63) is 61.1 Å². The lowest BCUT2D eigenvalue weighted by Crippen LogP contribution is -2.30. The second-order valence-electron chi connectivity index (χ2n) is 7.09. The predicted molar refractivity (Wildman–Crippen MR) is 110 cm³/mol. The van der Waals surface area contributed by atoms with E-state index < -0.39 is 15.9 Å². The third kappa shape index (κ3) is 3.61. The van der Waals surface area contributed by atoms with Gasteiger partial charge in [0.25, 0.3) is 15.9 Å². The zero-order valence-corrected chi connectivity index (χ0v) is 17.1. The van der Waals surface area contributed by atoms with Gasteiger partial charge < -0.3 is 4.90 Å². The average Bonchev–Trinajstić information content (AvgIpc) is 3.55. The minimum absolute atomic E-state index is 0.140. The second kappa shape index (κ2) is 7.47. The van der Waals surface area contributed by atoms with Crippen molar-refractivity contribution in [1.82, 2.24) is 34.1 Å². The summed E-state index contributed by atoms with van der Waals surface area (Å²) >= 11 is 0. The fraction of sp³-hybridized carbons (Fsp3) is 0.211. The van der Waals surface area contributed by atoms with E-state index in [-0.39, 0.29) is 10.5 Å². The molecule has 5 rings (SSSR count). The van der Waals surface area contributed by atoms with Crippen LogP contribution in [0.4, 0.5) is 5.69 Å². The number of carbonyl (C=O) groups excluding carboxylic acids is 1. The third-order valence-corrected chi connectivity index (χ3v) is 6.45. The molecule has 0 aromatic carbocycles. The van der Waals surface area contributed by atoms with Crippen molar-refractivity contribution in [2.75, 3.05) is 18.0 Å². The van der Waals surface area contributed by atoms with E-state index in [1.165, 1.54) is 35.7 Å². The second-order valence-corrected chi connectivity index (χ2v) is 8.78. The van der Waals surface area contributed by atoms with Crippen LogP contribution in [0.15, 0.2) is 60.4 Å². The number of pyridine rings is 2. The minimum atomic E-state index is -4.12. The molecule has 0 saturated carbocycles. The lowest BCUT2D eigenvalue weighted by Gasteiger charge is -2.17. The number of amides is 1. The Balaban J connectivity index is 1.40. The first-order valence-corrected chi connectivity index (χ1v) is 11.1. The number of hydrogen-bond donors (Lipinski definition) is 1. The van der Waals surface area contributed by atoms with E-state index in [9.17, 15) is 13.2 Å². The van der Waals surface area contributed by atoms with E-state index in [1.807, 2.05) is 12.1 Å². The maximum absolute atomic E-state index is 12.8. The Morgan fingerprint density at radius 1 is 1.06 bits per heavy atom. The zero-order valence-electron chi connectivity index (χ0n) is 16.3. The summed E-state index contributed by atoms with van der Waals surface area (Å²) in [6, 6.07) is 6.62. The van der Waals surface area contributed by atoms with Crippen LogP contribution in [-0.4, -0.2) is 56.8 Å². The molecule has 0 spiro atoms. The number of nitrogens with one attached hydrogen (secondary N) is 1. The van der Waals surface area contributed by atoms with Crippen LogP contribution >= 0.6 is 0 Å². The van der Waals surface area contributed by atoms with Crippen molar-refractivity contribution in [3.63, 3.8) is 0 Å². The number of anilines is 1. The Bertz CT molecular complexity index is 1340. The van der Waals surface area contributed by atoms with Crippen LogP contribution in [-0.2, 0) is 10.0 Å². The molecule has 1 aliphatic rings. The highest BCUT2D eigenvalue weighted by molar-refractivity contribution is 7.90. The maximum Gasteiger partial charge on any atom is 0.268 e. The number of rotatable bonds is 5. The summed E-state index contributed by atoms with van der Waals surface area (Å²) in [7, 11) is -4.12. The summed E-state index contributed by atoms with van der Waals surface area (Å²) < 4.78 is 30.5. The lowest BCUT2D eigenvalue weighted by molar-refractivity contribution is 0.0983. The Kier molecular flexibility index (Phi) is 4.62. The summed E-state index contributed by atoms with van der Waals surface area (Å²) in [5.41, 5.74) is 1.70. The van der Waals surface area contributed by atoms with Crippen LogP contribution < -0.4 is 9.62 Å². The van der Waals surface area contributed by atoms with Gasteiger partial charge in [0, 0.05) is 31.2 Å². The van der Waals surface area contributed by atoms with Gasteiger partial charge in [-0.2, -0.15) is 10.2 Å². The van der Waals surface area contributed by atoms with Gasteiger partial charge in [-0.3, -0.25) is 4.79 Å². The molecule has 1 N–H and O–H groups in total. The van der Waals surface area contributed by atoms with Crippen molar-refractivity contribution in [3.8, 4) is 5.82 Å². The molecular weight excluding hydrogens is 420 g/mol. The first-order chi connectivity index (χ1) is 15.0. The van der Waals surface area contributed by atoms with Crippen LogP contribution in [0.5, 0.6) is 0 Å². The summed E-state index contributed by atoms with van der Waals surface area (Å²) in [6.07, 6.45) is 9.33. The van der Waals surface area contributed by atoms with Crippen LogP contribution in [0, 0.1) is 0 Å². The fourth-order valence-electron chi connectivity index (χ4n) is 3.55. The zero-order chi connectivity index (χ0) is 21.4. The molecule has 12 heteroatoms. The highest BCUT2D eigenvalue weighted by atomic mass is 32.2. The summed E-state index contributed by atoms with van der Waals surface area (Å²) in [4.78, 5) is 22.8. The van der Waals surface area contributed by atoms with Gasteiger partial charge in [-0.25, -0.2) is 32.3 Å². The summed E-state index contributed by atoms with van der Waals surface area (Å²) in [6.45, 7) is 1.91. The smallest absolute Gasteiger partial charge is 0.268 e. The normalized spacial score (nSPS) is 14.3. The minimum Gasteiger partial charge on any atom is -0.371 e. The quantitative estimate of drug-likeness (QED) is 0.489. The molecule has 4 aromatic heterocycles. The van der Waals surface area contributed by atoms with Crippen molar-refractivity contribution < 1.29 is 13.2 Å². The first kappa shape index (κ1) is 19.2. The fourth-order valence-corrected chi connectivity index (χ4v) is 4.46. The molecule has 0 radical (unpaired) electrons. The topological polar surface area (TPSA) is 127 Å². The third-order valence-electron chi connectivity index (χ3n) is 5.13. The number of carbonyl (C=O) groups is 1. The Labute approximate surface area is 177 Å². The van der Waals surface area contributed by atoms with Gasteiger partial charge in [-0.1, -0.05) is 0 Å². The van der Waals surface area contributed by atoms with Crippen molar-refractivity contribution >= 4 is 27.1 Å². The van der Waals surface area contributed by atoms with Gasteiger partial charge in [-0.15, -0.1) is 0 Å². The molecule has 1 saturated heterocycles. The van der Waals surface area contributed by atoms with Crippen LogP contribution in [0.2, 0.25) is 0 Å². The number of aromatic nitrogens is 6. The van der Waals surface area contributed by atoms with Crippen molar-refractivity contribution in [2.24, 2.45) is 0 Å². The molecule has 158 valence electrons. The maximum atomic E-state index is 12.8. The van der Waals surface area contributed by atoms with Gasteiger partial charge in [-0.05, 0) is 37.1 Å². The molecule has 1 aliphatic heterocycles. The van der Waals surface area contributed by atoms with Gasteiger partial charge in [0.1, 0.15) is 17.6 Å². The number of nitrogens with zero attached hydrogens (tertiary/aromatic N) is 7. The van der Waals surface area contributed by atoms with Crippen molar-refractivity contribution in [1.29, 1.82) is 0 Å². The van der Waals surface area contributed by atoms with Crippen molar-refractivity contribution in [2.45, 2.75) is 17.7 Å². The molecule has 31 heavy (non-hydrogen) atoms. The van der Waals surface area contributed by atoms with E-state index in [1.54, 1.807) is 10.7 Å². The molecule has 0 unspecified atom stereocenters. The van der Waals surface area contributed by atoms with Gasteiger partial charge in [0.05, 0.1) is 17.3 Å². The van der Waals surface area contributed by atoms with E-state index >= 15 is 0 Å². The van der Waals surface area contributed by atoms with Crippen LogP contribution in [0.1, 0.15) is 23.2 Å². The Morgan fingerprint density at radius 3 is 2.61 bits per heavy atom. The SMILES string of the molecule is O=C(NS(=O)(=O)c1ccc(-n2cncn2)nc1)c1cnn2ccc(N3CCCC3)cc12. The number of hydrogen-bond acceptors (Lipinski definition) is 8. The van der Waals surface area contributed by atoms with Crippen LogP contribution in [0.25, 0.3) is 11.3 Å². The monoisotopic (exact) mass is 438 g/mol. The Hall–Kier alpha value is -3.80. The molecule has 11 nitrogen and oxygen atoms in total. The highest BCUT2D eigenvalue weighted by Gasteiger charge is 2.23. The van der Waals surface area contributed by atoms with Gasteiger partial charge in [0.15, 0.2) is 5.82 Å². The van der Waals surface area contributed by atoms with Gasteiger partial charge in [0.2, 0.25) is 0 Å². The molecule has 1 fully saturated rings. The molecule has 1 amide bonds. The van der Waals surface area contributed by atoms with E-state index in [4.69, 9.17) is 0 Å². The molecule has 0 atom stereocenters. The standard InChI is InChI=1S/C19H18N8O3S/c28-19(16-11-22-26-8-5-14(9-17(16)26)25-6-1-2-7-25)24-31(29,30)15-3-4-18(21-10-15)27-13-20-12-23-27/h3-5,8-13H,1-2,6-7H2,(H,24,28). The largest absolute Gasteiger partial charge is 0.371 e. The molecule has 4 aromatic rings. The molecule has 5 heterocycles. The van der Waals surface area contributed by atoms with Crippen LogP contribution in [0.3, 0.4) is 0 Å².